The van der Waals surface area contributed by atoms with E-state index in [0.717, 1.165) is 52.2 Å². The van der Waals surface area contributed by atoms with Gasteiger partial charge >= 0.3 is 0 Å². The Morgan fingerprint density at radius 1 is 0.971 bits per heavy atom. The second kappa shape index (κ2) is 9.60. The number of rotatable bonds is 7. The molecule has 0 amide bonds. The number of hydrogen-bond donors (Lipinski definition) is 1. The third kappa shape index (κ3) is 4.27. The zero-order valence-corrected chi connectivity index (χ0v) is 20.4. The van der Waals surface area contributed by atoms with Crippen molar-refractivity contribution < 1.29 is 9.47 Å². The van der Waals surface area contributed by atoms with E-state index in [9.17, 15) is 0 Å². The molecule has 5 heteroatoms. The maximum absolute atomic E-state index is 6.42. The molecular weight excluding hydrogens is 422 g/mol. The minimum Gasteiger partial charge on any atom is -0.377 e. The molecule has 1 spiro atoms. The van der Waals surface area contributed by atoms with Gasteiger partial charge in [0, 0.05) is 36.1 Å². The number of anilines is 1. The Labute approximate surface area is 204 Å². The van der Waals surface area contributed by atoms with E-state index in [4.69, 9.17) is 14.5 Å². The molecule has 3 aliphatic heterocycles. The number of nitrogens with zero attached hydrogens (tertiary/aromatic N) is 2. The molecule has 34 heavy (non-hydrogen) atoms. The van der Waals surface area contributed by atoms with Gasteiger partial charge in [-0.05, 0) is 75.3 Å². The fourth-order valence-corrected chi connectivity index (χ4v) is 7.28. The highest BCUT2D eigenvalue weighted by Crippen LogP contribution is 2.49. The van der Waals surface area contributed by atoms with Crippen molar-refractivity contribution in [3.8, 4) is 0 Å². The number of para-hydroxylation sites is 1. The minimum atomic E-state index is 0.0813. The molecule has 4 fully saturated rings. The molecule has 0 radical (unpaired) electrons. The van der Waals surface area contributed by atoms with Crippen LogP contribution in [0, 0.1) is 0 Å². The highest BCUT2D eigenvalue weighted by Gasteiger charge is 2.48. The molecule has 2 bridgehead atoms. The number of ether oxygens (including phenoxy) is 2. The average molecular weight is 462 g/mol. The van der Waals surface area contributed by atoms with Crippen LogP contribution in [-0.2, 0) is 21.4 Å². The van der Waals surface area contributed by atoms with Gasteiger partial charge in [0.05, 0.1) is 30.9 Å². The van der Waals surface area contributed by atoms with Crippen LogP contribution in [0.2, 0.25) is 0 Å². The first-order valence-electron chi connectivity index (χ1n) is 13.5. The fraction of sp³-hybridized carbons (Fsp3) is 0.621. The molecule has 1 aromatic heterocycles. The summed E-state index contributed by atoms with van der Waals surface area (Å²) < 4.78 is 12.3. The summed E-state index contributed by atoms with van der Waals surface area (Å²) in [7, 11) is 0. The van der Waals surface area contributed by atoms with Crippen molar-refractivity contribution in [1.29, 1.82) is 0 Å². The van der Waals surface area contributed by atoms with Crippen molar-refractivity contribution in [2.45, 2.75) is 87.4 Å². The molecule has 3 atom stereocenters. The Hall–Kier alpha value is -1.95. The molecule has 3 saturated heterocycles. The van der Waals surface area contributed by atoms with E-state index in [1.54, 1.807) is 0 Å². The molecule has 5 nitrogen and oxygen atoms in total. The number of benzene rings is 1. The van der Waals surface area contributed by atoms with E-state index in [1.807, 2.05) is 12.3 Å². The van der Waals surface area contributed by atoms with Crippen molar-refractivity contribution in [2.75, 3.05) is 31.3 Å². The van der Waals surface area contributed by atoms with Crippen LogP contribution in [0.3, 0.4) is 0 Å². The van der Waals surface area contributed by atoms with Crippen molar-refractivity contribution in [3.63, 3.8) is 0 Å². The zero-order valence-electron chi connectivity index (χ0n) is 20.4. The highest BCUT2D eigenvalue weighted by molar-refractivity contribution is 5.56. The van der Waals surface area contributed by atoms with E-state index >= 15 is 0 Å². The highest BCUT2D eigenvalue weighted by atomic mass is 16.5. The van der Waals surface area contributed by atoms with E-state index in [1.165, 1.54) is 55.5 Å². The Morgan fingerprint density at radius 2 is 1.76 bits per heavy atom. The Morgan fingerprint density at radius 3 is 2.56 bits per heavy atom. The Kier molecular flexibility index (Phi) is 6.35. The minimum absolute atomic E-state index is 0.0813. The molecule has 4 heterocycles. The van der Waals surface area contributed by atoms with Crippen molar-refractivity contribution in [3.05, 3.63) is 59.9 Å². The first-order chi connectivity index (χ1) is 16.8. The van der Waals surface area contributed by atoms with E-state index in [0.29, 0.717) is 12.1 Å². The Bertz CT molecular complexity index is 945. The normalized spacial score (nSPS) is 30.2. The lowest BCUT2D eigenvalue weighted by molar-refractivity contribution is -0.104. The molecular formula is C29H39N3O2. The lowest BCUT2D eigenvalue weighted by Gasteiger charge is -2.46. The summed E-state index contributed by atoms with van der Waals surface area (Å²) in [6, 6.07) is 16.5. The Balaban J connectivity index is 1.15. The van der Waals surface area contributed by atoms with Gasteiger partial charge in [0.15, 0.2) is 0 Å². The quantitative estimate of drug-likeness (QED) is 0.589. The van der Waals surface area contributed by atoms with Gasteiger partial charge in [-0.25, -0.2) is 0 Å². The second-order valence-corrected chi connectivity index (χ2v) is 11.0. The lowest BCUT2D eigenvalue weighted by Crippen LogP contribution is -2.47. The molecule has 1 aromatic carbocycles. The summed E-state index contributed by atoms with van der Waals surface area (Å²) in [5, 5.41) is 3.83. The van der Waals surface area contributed by atoms with Crippen LogP contribution < -0.4 is 10.2 Å². The predicted molar refractivity (Wildman–Crippen MR) is 135 cm³/mol. The largest absolute Gasteiger partial charge is 0.377 e. The van der Waals surface area contributed by atoms with Crippen LogP contribution in [0.5, 0.6) is 0 Å². The van der Waals surface area contributed by atoms with Gasteiger partial charge in [0.2, 0.25) is 0 Å². The molecule has 1 N–H and O–H groups in total. The van der Waals surface area contributed by atoms with Crippen LogP contribution in [0.1, 0.15) is 69.0 Å². The van der Waals surface area contributed by atoms with Gasteiger partial charge in [-0.1, -0.05) is 37.1 Å². The number of aromatic nitrogens is 1. The lowest BCUT2D eigenvalue weighted by atomic mass is 9.68. The van der Waals surface area contributed by atoms with Gasteiger partial charge in [-0.2, -0.15) is 0 Å². The molecule has 2 aromatic rings. The first-order valence-corrected chi connectivity index (χ1v) is 13.5. The van der Waals surface area contributed by atoms with Gasteiger partial charge in [-0.3, -0.25) is 4.98 Å². The standard InChI is InChI=1S/C29H39N3O2/c1-2-8-26(32-24-10-11-25(32)21-33-20-24)23(7-1)19-30-17-14-28(27-9-3-6-16-31-27)15-18-34-29(22-28)12-4-5-13-29/h1-3,6-9,16,24-25,30H,4-5,10-15,17-22H2/t24?,25?,28-/m1/s1. The summed E-state index contributed by atoms with van der Waals surface area (Å²) in [6.45, 7) is 4.51. The van der Waals surface area contributed by atoms with Gasteiger partial charge in [0.1, 0.15) is 0 Å². The SMILES string of the molecule is c1ccc([C@]2(CCNCc3ccccc3N3C4CCC3COC4)CCOC3(CCCC3)C2)nc1. The van der Waals surface area contributed by atoms with Gasteiger partial charge < -0.3 is 19.7 Å². The molecule has 1 aliphatic carbocycles. The third-order valence-electron chi connectivity index (χ3n) is 8.98. The van der Waals surface area contributed by atoms with Crippen LogP contribution in [0.15, 0.2) is 48.7 Å². The summed E-state index contributed by atoms with van der Waals surface area (Å²) in [6.07, 6.45) is 12.8. The second-order valence-electron chi connectivity index (χ2n) is 11.0. The van der Waals surface area contributed by atoms with E-state index in [2.05, 4.69) is 46.6 Å². The zero-order chi connectivity index (χ0) is 22.8. The molecule has 1 saturated carbocycles. The van der Waals surface area contributed by atoms with Crippen molar-refractivity contribution in [1.82, 2.24) is 10.3 Å². The maximum atomic E-state index is 6.42. The number of morpholine rings is 1. The topological polar surface area (TPSA) is 46.6 Å². The van der Waals surface area contributed by atoms with Crippen LogP contribution in [-0.4, -0.2) is 49.0 Å². The maximum Gasteiger partial charge on any atom is 0.0691 e. The molecule has 182 valence electrons. The van der Waals surface area contributed by atoms with Crippen LogP contribution in [0.25, 0.3) is 0 Å². The van der Waals surface area contributed by atoms with Gasteiger partial charge in [0.25, 0.3) is 0 Å². The average Bonchev–Trinajstić information content (AvgIpc) is 3.42. The van der Waals surface area contributed by atoms with E-state index in [-0.39, 0.29) is 11.0 Å². The molecule has 4 aliphatic rings. The van der Waals surface area contributed by atoms with Crippen LogP contribution in [0.4, 0.5) is 5.69 Å². The molecule has 2 unspecified atom stereocenters. The number of nitrogens with one attached hydrogen (secondary N) is 1. The van der Waals surface area contributed by atoms with Crippen molar-refractivity contribution >= 4 is 5.69 Å². The summed E-state index contributed by atoms with van der Waals surface area (Å²) in [5.41, 5.74) is 4.27. The van der Waals surface area contributed by atoms with Gasteiger partial charge in [-0.15, -0.1) is 0 Å². The summed E-state index contributed by atoms with van der Waals surface area (Å²) in [5.74, 6) is 0. The number of pyridine rings is 1. The number of hydrogen-bond acceptors (Lipinski definition) is 5. The predicted octanol–water partition coefficient (Wildman–Crippen LogP) is 4.99. The van der Waals surface area contributed by atoms with Crippen LogP contribution >= 0.6 is 0 Å². The third-order valence-corrected chi connectivity index (χ3v) is 8.98. The smallest absolute Gasteiger partial charge is 0.0691 e. The first kappa shape index (κ1) is 22.5. The molecule has 6 rings (SSSR count). The monoisotopic (exact) mass is 461 g/mol. The number of fused-ring (bicyclic) bond motifs is 2. The summed E-state index contributed by atoms with van der Waals surface area (Å²) in [4.78, 5) is 7.51. The van der Waals surface area contributed by atoms with E-state index < -0.39 is 0 Å². The fourth-order valence-electron chi connectivity index (χ4n) is 7.28. The summed E-state index contributed by atoms with van der Waals surface area (Å²) >= 11 is 0. The van der Waals surface area contributed by atoms with Crippen molar-refractivity contribution in [2.24, 2.45) is 0 Å².